The van der Waals surface area contributed by atoms with Gasteiger partial charge >= 0.3 is 0 Å². The van der Waals surface area contributed by atoms with Gasteiger partial charge in [-0.05, 0) is 54.7 Å². The first-order valence-corrected chi connectivity index (χ1v) is 9.17. The fourth-order valence-corrected chi connectivity index (χ4v) is 3.81. The Morgan fingerprint density at radius 2 is 2.04 bits per heavy atom. The van der Waals surface area contributed by atoms with Crippen LogP contribution in [0.15, 0.2) is 60.8 Å². The summed E-state index contributed by atoms with van der Waals surface area (Å²) in [5.41, 5.74) is 5.37. The van der Waals surface area contributed by atoms with Gasteiger partial charge in [-0.3, -0.25) is 9.89 Å². The van der Waals surface area contributed by atoms with E-state index in [-0.39, 0.29) is 5.91 Å². The zero-order chi connectivity index (χ0) is 17.9. The Morgan fingerprint density at radius 1 is 1.15 bits per heavy atom. The van der Waals surface area contributed by atoms with Crippen LogP contribution in [-0.4, -0.2) is 34.1 Å². The lowest BCUT2D eigenvalue weighted by Gasteiger charge is -2.32. The third kappa shape index (κ3) is 3.27. The Morgan fingerprint density at radius 3 is 2.85 bits per heavy atom. The van der Waals surface area contributed by atoms with Crippen LogP contribution in [-0.2, 0) is 0 Å². The SMILES string of the molecule is Cc1ccccc1-c1cccc(C(=O)N2CCCC(c3ccn[nH]3)C2)c1. The number of piperidine rings is 1. The summed E-state index contributed by atoms with van der Waals surface area (Å²) in [7, 11) is 0. The van der Waals surface area contributed by atoms with Crippen molar-refractivity contribution in [1.82, 2.24) is 15.1 Å². The molecule has 1 saturated heterocycles. The predicted molar refractivity (Wildman–Crippen MR) is 103 cm³/mol. The summed E-state index contributed by atoms with van der Waals surface area (Å²) in [6, 6.07) is 18.3. The van der Waals surface area contributed by atoms with Crippen LogP contribution in [0.4, 0.5) is 0 Å². The highest BCUT2D eigenvalue weighted by molar-refractivity contribution is 5.95. The first-order valence-electron chi connectivity index (χ1n) is 9.17. The highest BCUT2D eigenvalue weighted by Gasteiger charge is 2.26. The molecule has 1 aromatic heterocycles. The van der Waals surface area contributed by atoms with Crippen LogP contribution >= 0.6 is 0 Å². The molecule has 1 fully saturated rings. The number of aromatic amines is 1. The summed E-state index contributed by atoms with van der Waals surface area (Å²) in [5, 5.41) is 7.11. The molecule has 4 rings (SSSR count). The molecule has 4 nitrogen and oxygen atoms in total. The molecular weight excluding hydrogens is 322 g/mol. The van der Waals surface area contributed by atoms with Crippen molar-refractivity contribution in [2.75, 3.05) is 13.1 Å². The number of H-pyrrole nitrogens is 1. The van der Waals surface area contributed by atoms with Crippen molar-refractivity contribution in [3.63, 3.8) is 0 Å². The van der Waals surface area contributed by atoms with E-state index in [1.807, 2.05) is 41.3 Å². The minimum absolute atomic E-state index is 0.115. The van der Waals surface area contributed by atoms with Crippen molar-refractivity contribution in [2.45, 2.75) is 25.7 Å². The lowest BCUT2D eigenvalue weighted by atomic mass is 9.94. The fraction of sp³-hybridized carbons (Fsp3) is 0.273. The molecule has 0 aliphatic carbocycles. The molecule has 0 saturated carbocycles. The Bertz CT molecular complexity index is 901. The van der Waals surface area contributed by atoms with Gasteiger partial charge in [-0.2, -0.15) is 5.10 Å². The van der Waals surface area contributed by atoms with Gasteiger partial charge in [0.1, 0.15) is 0 Å². The average molecular weight is 345 g/mol. The topological polar surface area (TPSA) is 49.0 Å². The standard InChI is InChI=1S/C22H23N3O/c1-16-6-2-3-10-20(16)17-7-4-8-18(14-17)22(26)25-13-5-9-19(15-25)21-11-12-23-24-21/h2-4,6-8,10-12,14,19H,5,9,13,15H2,1H3,(H,23,24). The van der Waals surface area contributed by atoms with Crippen LogP contribution in [0.25, 0.3) is 11.1 Å². The molecule has 0 spiro atoms. The lowest BCUT2D eigenvalue weighted by molar-refractivity contribution is 0.0706. The van der Waals surface area contributed by atoms with Crippen LogP contribution in [0, 0.1) is 6.92 Å². The number of aryl methyl sites for hydroxylation is 1. The van der Waals surface area contributed by atoms with Crippen LogP contribution in [0.1, 0.15) is 40.4 Å². The zero-order valence-electron chi connectivity index (χ0n) is 15.0. The number of carbonyl (C=O) groups excluding carboxylic acids is 1. The Kier molecular flexibility index (Phi) is 4.57. The van der Waals surface area contributed by atoms with Crippen molar-refractivity contribution in [3.05, 3.63) is 77.6 Å². The number of hydrogen-bond acceptors (Lipinski definition) is 2. The third-order valence-electron chi connectivity index (χ3n) is 5.24. The van der Waals surface area contributed by atoms with E-state index in [4.69, 9.17) is 0 Å². The Labute approximate surface area is 153 Å². The minimum atomic E-state index is 0.115. The summed E-state index contributed by atoms with van der Waals surface area (Å²) < 4.78 is 0. The molecule has 4 heteroatoms. The maximum absolute atomic E-state index is 13.1. The van der Waals surface area contributed by atoms with Gasteiger partial charge in [-0.1, -0.05) is 36.4 Å². The van der Waals surface area contributed by atoms with Crippen molar-refractivity contribution in [1.29, 1.82) is 0 Å². The van der Waals surface area contributed by atoms with E-state index in [0.717, 1.165) is 42.8 Å². The second kappa shape index (κ2) is 7.16. The quantitative estimate of drug-likeness (QED) is 0.764. The minimum Gasteiger partial charge on any atom is -0.338 e. The summed E-state index contributed by atoms with van der Waals surface area (Å²) in [5.74, 6) is 0.458. The van der Waals surface area contributed by atoms with Crippen LogP contribution in [0.2, 0.25) is 0 Å². The molecule has 26 heavy (non-hydrogen) atoms. The number of nitrogens with zero attached hydrogens (tertiary/aromatic N) is 2. The molecule has 132 valence electrons. The van der Waals surface area contributed by atoms with Crippen LogP contribution in [0.5, 0.6) is 0 Å². The second-order valence-electron chi connectivity index (χ2n) is 7.00. The number of nitrogens with one attached hydrogen (secondary N) is 1. The van der Waals surface area contributed by atoms with Gasteiger partial charge < -0.3 is 4.90 Å². The van der Waals surface area contributed by atoms with Gasteiger partial charge in [0.25, 0.3) is 5.91 Å². The van der Waals surface area contributed by atoms with Crippen molar-refractivity contribution < 1.29 is 4.79 Å². The predicted octanol–water partition coefficient (Wildman–Crippen LogP) is 4.40. The number of aromatic nitrogens is 2. The highest BCUT2D eigenvalue weighted by atomic mass is 16.2. The van der Waals surface area contributed by atoms with E-state index >= 15 is 0 Å². The van der Waals surface area contributed by atoms with E-state index < -0.39 is 0 Å². The van der Waals surface area contributed by atoms with Crippen molar-refractivity contribution in [3.8, 4) is 11.1 Å². The van der Waals surface area contributed by atoms with Crippen molar-refractivity contribution in [2.24, 2.45) is 0 Å². The van der Waals surface area contributed by atoms with Gasteiger partial charge in [-0.15, -0.1) is 0 Å². The molecule has 1 aliphatic heterocycles. The number of hydrogen-bond donors (Lipinski definition) is 1. The smallest absolute Gasteiger partial charge is 0.253 e. The summed E-state index contributed by atoms with van der Waals surface area (Å²) in [6.07, 6.45) is 3.89. The number of carbonyl (C=O) groups is 1. The Balaban J connectivity index is 1.57. The summed E-state index contributed by atoms with van der Waals surface area (Å²) in [6.45, 7) is 3.66. The second-order valence-corrected chi connectivity index (χ2v) is 7.00. The van der Waals surface area contributed by atoms with Gasteiger partial charge in [0.15, 0.2) is 0 Å². The van der Waals surface area contributed by atoms with Gasteiger partial charge in [-0.25, -0.2) is 0 Å². The number of benzene rings is 2. The molecular formula is C22H23N3O. The molecule has 0 bridgehead atoms. The average Bonchev–Trinajstić information content (AvgIpc) is 3.23. The number of amides is 1. The maximum atomic E-state index is 13.1. The first kappa shape index (κ1) is 16.6. The van der Waals surface area contributed by atoms with Crippen molar-refractivity contribution >= 4 is 5.91 Å². The fourth-order valence-electron chi connectivity index (χ4n) is 3.81. The number of likely N-dealkylation sites (tertiary alicyclic amines) is 1. The summed E-state index contributed by atoms with van der Waals surface area (Å²) >= 11 is 0. The molecule has 1 unspecified atom stereocenters. The lowest BCUT2D eigenvalue weighted by Crippen LogP contribution is -2.39. The largest absolute Gasteiger partial charge is 0.338 e. The van der Waals surface area contributed by atoms with Crippen LogP contribution in [0.3, 0.4) is 0 Å². The van der Waals surface area contributed by atoms with E-state index in [0.29, 0.717) is 5.92 Å². The number of rotatable bonds is 3. The van der Waals surface area contributed by atoms with Gasteiger partial charge in [0.2, 0.25) is 0 Å². The molecule has 3 aromatic rings. The van der Waals surface area contributed by atoms with Crippen LogP contribution < -0.4 is 0 Å². The van der Waals surface area contributed by atoms with E-state index in [1.54, 1.807) is 6.20 Å². The summed E-state index contributed by atoms with van der Waals surface area (Å²) in [4.78, 5) is 15.1. The highest BCUT2D eigenvalue weighted by Crippen LogP contribution is 2.28. The first-order chi connectivity index (χ1) is 12.7. The van der Waals surface area contributed by atoms with E-state index in [2.05, 4.69) is 35.3 Å². The van der Waals surface area contributed by atoms with E-state index in [9.17, 15) is 4.79 Å². The molecule has 0 radical (unpaired) electrons. The van der Waals surface area contributed by atoms with E-state index in [1.165, 1.54) is 11.1 Å². The molecule has 1 atom stereocenters. The van der Waals surface area contributed by atoms with Gasteiger partial charge in [0.05, 0.1) is 0 Å². The normalized spacial score (nSPS) is 17.3. The maximum Gasteiger partial charge on any atom is 0.253 e. The third-order valence-corrected chi connectivity index (χ3v) is 5.24. The molecule has 1 amide bonds. The zero-order valence-corrected chi connectivity index (χ0v) is 15.0. The molecule has 2 heterocycles. The molecule has 1 N–H and O–H groups in total. The molecule has 2 aromatic carbocycles. The Hall–Kier alpha value is -2.88. The van der Waals surface area contributed by atoms with Gasteiger partial charge in [0, 0.05) is 36.5 Å². The monoisotopic (exact) mass is 345 g/mol. The molecule has 1 aliphatic rings.